The van der Waals surface area contributed by atoms with Crippen LogP contribution in [0, 0.1) is 0 Å². The van der Waals surface area contributed by atoms with E-state index in [4.69, 9.17) is 4.74 Å². The van der Waals surface area contributed by atoms with Crippen LogP contribution in [0.4, 0.5) is 0 Å². The molecule has 0 amide bonds. The zero-order valence-corrected chi connectivity index (χ0v) is 13.0. The molecule has 1 aromatic carbocycles. The van der Waals surface area contributed by atoms with Crippen molar-refractivity contribution in [3.8, 4) is 0 Å². The van der Waals surface area contributed by atoms with Gasteiger partial charge in [0.2, 0.25) is 0 Å². The number of fused-ring (bicyclic) bond motifs is 1. The molecule has 2 unspecified atom stereocenters. The molecule has 0 aromatic heterocycles. The Labute approximate surface area is 127 Å². The largest absolute Gasteiger partial charge is 0.379 e. The Balaban J connectivity index is 1.60. The van der Waals surface area contributed by atoms with Gasteiger partial charge in [0.25, 0.3) is 0 Å². The van der Waals surface area contributed by atoms with E-state index in [9.17, 15) is 0 Å². The van der Waals surface area contributed by atoms with Crippen molar-refractivity contribution in [2.45, 2.75) is 32.0 Å². The second-order valence-electron chi connectivity index (χ2n) is 6.20. The maximum atomic E-state index is 5.42. The molecule has 4 nitrogen and oxygen atoms in total. The molecular formula is C17H27N3O. The zero-order valence-electron chi connectivity index (χ0n) is 13.0. The molecule has 0 bridgehead atoms. The predicted molar refractivity (Wildman–Crippen MR) is 85.4 cm³/mol. The molecule has 2 heterocycles. The minimum atomic E-state index is 0.465. The summed E-state index contributed by atoms with van der Waals surface area (Å²) in [6.45, 7) is 9.37. The Morgan fingerprint density at radius 3 is 3.00 bits per heavy atom. The molecule has 1 saturated heterocycles. The highest BCUT2D eigenvalue weighted by Gasteiger charge is 2.21. The molecule has 2 atom stereocenters. The molecule has 0 aliphatic carbocycles. The summed E-state index contributed by atoms with van der Waals surface area (Å²) in [5, 5.41) is 7.36. The van der Waals surface area contributed by atoms with E-state index in [1.165, 1.54) is 11.1 Å². The third-order valence-corrected chi connectivity index (χ3v) is 4.48. The van der Waals surface area contributed by atoms with Gasteiger partial charge < -0.3 is 15.4 Å². The second kappa shape index (κ2) is 7.36. The first-order valence-corrected chi connectivity index (χ1v) is 8.17. The Morgan fingerprint density at radius 2 is 2.14 bits per heavy atom. The molecule has 2 aliphatic rings. The summed E-state index contributed by atoms with van der Waals surface area (Å²) in [5.41, 5.74) is 2.90. The van der Waals surface area contributed by atoms with Crippen molar-refractivity contribution in [2.75, 3.05) is 39.4 Å². The van der Waals surface area contributed by atoms with Crippen LogP contribution in [0.5, 0.6) is 0 Å². The summed E-state index contributed by atoms with van der Waals surface area (Å²) in [4.78, 5) is 2.50. The van der Waals surface area contributed by atoms with Gasteiger partial charge in [0.1, 0.15) is 0 Å². The van der Waals surface area contributed by atoms with Crippen LogP contribution < -0.4 is 10.6 Å². The van der Waals surface area contributed by atoms with Crippen LogP contribution in [-0.2, 0) is 11.3 Å². The number of morpholine rings is 1. The fourth-order valence-corrected chi connectivity index (χ4v) is 3.40. The standard InChI is InChI=1S/C17H27N3O/c1-14(13-20-8-10-21-11-9-20)19-17-6-7-18-12-15-4-2-3-5-16(15)17/h2-5,14,17-19H,6-13H2,1H3. The van der Waals surface area contributed by atoms with Crippen LogP contribution in [-0.4, -0.2) is 50.3 Å². The smallest absolute Gasteiger partial charge is 0.0594 e. The lowest BCUT2D eigenvalue weighted by Crippen LogP contribution is -2.45. The van der Waals surface area contributed by atoms with Crippen molar-refractivity contribution in [3.63, 3.8) is 0 Å². The summed E-state index contributed by atoms with van der Waals surface area (Å²) in [6, 6.07) is 9.79. The van der Waals surface area contributed by atoms with Gasteiger partial charge in [0.05, 0.1) is 13.2 Å². The fraction of sp³-hybridized carbons (Fsp3) is 0.647. The molecule has 0 saturated carbocycles. The van der Waals surface area contributed by atoms with Crippen molar-refractivity contribution >= 4 is 0 Å². The van der Waals surface area contributed by atoms with Gasteiger partial charge in [-0.25, -0.2) is 0 Å². The molecular weight excluding hydrogens is 262 g/mol. The van der Waals surface area contributed by atoms with Crippen molar-refractivity contribution in [1.82, 2.24) is 15.5 Å². The predicted octanol–water partition coefficient (Wildman–Crippen LogP) is 1.53. The van der Waals surface area contributed by atoms with E-state index in [0.717, 1.165) is 52.4 Å². The monoisotopic (exact) mass is 289 g/mol. The first-order valence-electron chi connectivity index (χ1n) is 8.17. The molecule has 21 heavy (non-hydrogen) atoms. The van der Waals surface area contributed by atoms with Gasteiger partial charge in [-0.2, -0.15) is 0 Å². The molecule has 116 valence electrons. The number of rotatable bonds is 4. The van der Waals surface area contributed by atoms with E-state index in [2.05, 4.69) is 46.7 Å². The average molecular weight is 289 g/mol. The summed E-state index contributed by atoms with van der Waals surface area (Å²) in [5.74, 6) is 0. The maximum Gasteiger partial charge on any atom is 0.0594 e. The van der Waals surface area contributed by atoms with E-state index in [1.807, 2.05) is 0 Å². The van der Waals surface area contributed by atoms with Gasteiger partial charge in [0.15, 0.2) is 0 Å². The highest BCUT2D eigenvalue weighted by molar-refractivity contribution is 5.31. The van der Waals surface area contributed by atoms with Crippen LogP contribution in [0.25, 0.3) is 0 Å². The number of ether oxygens (including phenoxy) is 1. The topological polar surface area (TPSA) is 36.5 Å². The first-order chi connectivity index (χ1) is 10.3. The van der Waals surface area contributed by atoms with Crippen LogP contribution in [0.1, 0.15) is 30.5 Å². The third-order valence-electron chi connectivity index (χ3n) is 4.48. The molecule has 2 aliphatic heterocycles. The van der Waals surface area contributed by atoms with E-state index < -0.39 is 0 Å². The van der Waals surface area contributed by atoms with E-state index >= 15 is 0 Å². The number of benzene rings is 1. The Bertz CT molecular complexity index is 445. The minimum Gasteiger partial charge on any atom is -0.379 e. The van der Waals surface area contributed by atoms with Crippen LogP contribution in [0.15, 0.2) is 24.3 Å². The third kappa shape index (κ3) is 4.04. The Hall–Kier alpha value is -0.940. The summed E-state index contributed by atoms with van der Waals surface area (Å²) in [6.07, 6.45) is 1.16. The Morgan fingerprint density at radius 1 is 1.33 bits per heavy atom. The summed E-state index contributed by atoms with van der Waals surface area (Å²) >= 11 is 0. The molecule has 3 rings (SSSR count). The number of hydrogen-bond acceptors (Lipinski definition) is 4. The number of hydrogen-bond donors (Lipinski definition) is 2. The lowest BCUT2D eigenvalue weighted by Gasteiger charge is -2.31. The first kappa shape index (κ1) is 15.0. The average Bonchev–Trinajstić information content (AvgIpc) is 2.71. The van der Waals surface area contributed by atoms with Gasteiger partial charge in [-0.05, 0) is 31.0 Å². The highest BCUT2D eigenvalue weighted by atomic mass is 16.5. The van der Waals surface area contributed by atoms with Gasteiger partial charge in [0, 0.05) is 38.3 Å². The van der Waals surface area contributed by atoms with E-state index in [1.54, 1.807) is 0 Å². The highest BCUT2D eigenvalue weighted by Crippen LogP contribution is 2.24. The molecule has 2 N–H and O–H groups in total. The van der Waals surface area contributed by atoms with Crippen molar-refractivity contribution in [3.05, 3.63) is 35.4 Å². The van der Waals surface area contributed by atoms with Gasteiger partial charge in [-0.3, -0.25) is 4.90 Å². The lowest BCUT2D eigenvalue weighted by atomic mass is 9.98. The molecule has 0 spiro atoms. The summed E-state index contributed by atoms with van der Waals surface area (Å²) < 4.78 is 5.42. The summed E-state index contributed by atoms with van der Waals surface area (Å²) in [7, 11) is 0. The maximum absolute atomic E-state index is 5.42. The van der Waals surface area contributed by atoms with Crippen molar-refractivity contribution in [2.24, 2.45) is 0 Å². The minimum absolute atomic E-state index is 0.465. The second-order valence-corrected chi connectivity index (χ2v) is 6.20. The quantitative estimate of drug-likeness (QED) is 0.881. The van der Waals surface area contributed by atoms with E-state index in [-0.39, 0.29) is 0 Å². The van der Waals surface area contributed by atoms with Gasteiger partial charge in [-0.1, -0.05) is 24.3 Å². The van der Waals surface area contributed by atoms with Crippen LogP contribution in [0.2, 0.25) is 0 Å². The normalized spacial score (nSPS) is 25.1. The van der Waals surface area contributed by atoms with E-state index in [0.29, 0.717) is 12.1 Å². The number of nitrogens with one attached hydrogen (secondary N) is 2. The van der Waals surface area contributed by atoms with Crippen LogP contribution >= 0.6 is 0 Å². The van der Waals surface area contributed by atoms with Crippen molar-refractivity contribution in [1.29, 1.82) is 0 Å². The molecule has 0 radical (unpaired) electrons. The Kier molecular flexibility index (Phi) is 5.25. The van der Waals surface area contributed by atoms with Crippen molar-refractivity contribution < 1.29 is 4.74 Å². The van der Waals surface area contributed by atoms with Gasteiger partial charge >= 0.3 is 0 Å². The number of nitrogens with zero attached hydrogens (tertiary/aromatic N) is 1. The molecule has 4 heteroatoms. The zero-order chi connectivity index (χ0) is 14.5. The van der Waals surface area contributed by atoms with Crippen LogP contribution in [0.3, 0.4) is 0 Å². The fourth-order valence-electron chi connectivity index (χ4n) is 3.40. The van der Waals surface area contributed by atoms with Gasteiger partial charge in [-0.15, -0.1) is 0 Å². The molecule has 1 fully saturated rings. The lowest BCUT2D eigenvalue weighted by molar-refractivity contribution is 0.0338. The SMILES string of the molecule is CC(CN1CCOCC1)NC1CCNCc2ccccc21. The molecule has 1 aromatic rings.